The molecule has 0 aliphatic carbocycles. The fourth-order valence-corrected chi connectivity index (χ4v) is 3.15. The first-order valence-electron chi connectivity index (χ1n) is 8.59. The molecular weight excluding hydrogens is 318 g/mol. The molecule has 1 fully saturated rings. The molecule has 1 aliphatic heterocycles. The lowest BCUT2D eigenvalue weighted by molar-refractivity contribution is -0.124. The fraction of sp³-hybridized carbons (Fsp3) is 0.421. The number of hydrogen-bond donors (Lipinski definition) is 1. The van der Waals surface area contributed by atoms with E-state index in [0.717, 1.165) is 6.42 Å². The van der Waals surface area contributed by atoms with Gasteiger partial charge in [0.05, 0.1) is 11.6 Å². The molecule has 0 spiro atoms. The zero-order valence-electron chi connectivity index (χ0n) is 14.6. The quantitative estimate of drug-likeness (QED) is 0.904. The Balaban J connectivity index is 1.49. The van der Waals surface area contributed by atoms with Gasteiger partial charge in [-0.1, -0.05) is 30.3 Å². The summed E-state index contributed by atoms with van der Waals surface area (Å²) in [5.41, 5.74) is 1.79. The minimum absolute atomic E-state index is 0.0108. The van der Waals surface area contributed by atoms with E-state index in [2.05, 4.69) is 10.3 Å². The number of nitrogens with zero attached hydrogens (tertiary/aromatic N) is 2. The topological polar surface area (TPSA) is 75.4 Å². The second-order valence-electron chi connectivity index (χ2n) is 6.41. The van der Waals surface area contributed by atoms with Crippen molar-refractivity contribution < 1.29 is 14.0 Å². The van der Waals surface area contributed by atoms with Crippen LogP contribution in [0.2, 0.25) is 0 Å². The van der Waals surface area contributed by atoms with Gasteiger partial charge in [-0.25, -0.2) is 4.98 Å². The Morgan fingerprint density at radius 1 is 1.28 bits per heavy atom. The molecule has 132 valence electrons. The first-order chi connectivity index (χ1) is 12.0. The smallest absolute Gasteiger partial charge is 0.291 e. The van der Waals surface area contributed by atoms with Crippen molar-refractivity contribution in [3.05, 3.63) is 53.2 Å². The van der Waals surface area contributed by atoms with Gasteiger partial charge in [0, 0.05) is 26.6 Å². The third kappa shape index (κ3) is 4.07. The molecule has 6 nitrogen and oxygen atoms in total. The largest absolute Gasteiger partial charge is 0.436 e. The van der Waals surface area contributed by atoms with E-state index >= 15 is 0 Å². The minimum Gasteiger partial charge on any atom is -0.436 e. The highest BCUT2D eigenvalue weighted by Crippen LogP contribution is 2.21. The number of carbonyl (C=O) groups excluding carboxylic acids is 2. The van der Waals surface area contributed by atoms with E-state index in [0.29, 0.717) is 37.6 Å². The van der Waals surface area contributed by atoms with Crippen molar-refractivity contribution >= 4 is 11.8 Å². The fourth-order valence-electron chi connectivity index (χ4n) is 3.15. The van der Waals surface area contributed by atoms with Crippen LogP contribution < -0.4 is 5.32 Å². The maximum atomic E-state index is 12.5. The molecule has 1 N–H and O–H groups in total. The lowest BCUT2D eigenvalue weighted by atomic mass is 10.1. The summed E-state index contributed by atoms with van der Waals surface area (Å²) in [7, 11) is 0. The first kappa shape index (κ1) is 17.2. The third-order valence-electron chi connectivity index (χ3n) is 4.50. The lowest BCUT2D eigenvalue weighted by Gasteiger charge is -2.15. The van der Waals surface area contributed by atoms with Crippen LogP contribution in [0.1, 0.15) is 34.1 Å². The third-order valence-corrected chi connectivity index (χ3v) is 4.50. The average molecular weight is 341 g/mol. The van der Waals surface area contributed by atoms with Gasteiger partial charge >= 0.3 is 0 Å². The zero-order chi connectivity index (χ0) is 17.8. The highest BCUT2D eigenvalue weighted by atomic mass is 16.4. The van der Waals surface area contributed by atoms with Gasteiger partial charge in [-0.05, 0) is 25.3 Å². The Morgan fingerprint density at radius 3 is 2.72 bits per heavy atom. The summed E-state index contributed by atoms with van der Waals surface area (Å²) in [5.74, 6) is 0.427. The molecule has 2 heterocycles. The number of aromatic nitrogens is 1. The van der Waals surface area contributed by atoms with Gasteiger partial charge in [0.1, 0.15) is 0 Å². The number of aryl methyl sites for hydroxylation is 2. The van der Waals surface area contributed by atoms with Gasteiger partial charge in [0.2, 0.25) is 11.7 Å². The van der Waals surface area contributed by atoms with Crippen molar-refractivity contribution in [3.8, 4) is 0 Å². The van der Waals surface area contributed by atoms with Gasteiger partial charge in [0.15, 0.2) is 5.89 Å². The number of rotatable bonds is 5. The van der Waals surface area contributed by atoms with E-state index in [1.807, 2.05) is 30.3 Å². The van der Waals surface area contributed by atoms with E-state index in [1.165, 1.54) is 5.56 Å². The molecule has 0 bridgehead atoms. The Labute approximate surface area is 147 Å². The van der Waals surface area contributed by atoms with Crippen molar-refractivity contribution in [2.75, 3.05) is 19.6 Å². The highest BCUT2D eigenvalue weighted by Gasteiger charge is 2.33. The van der Waals surface area contributed by atoms with Crippen LogP contribution in [0.15, 0.2) is 34.7 Å². The van der Waals surface area contributed by atoms with Gasteiger partial charge in [-0.3, -0.25) is 9.59 Å². The number of amides is 2. The number of oxazole rings is 1. The van der Waals surface area contributed by atoms with Gasteiger partial charge in [-0.2, -0.15) is 0 Å². The molecular formula is C19H23N3O3. The molecule has 0 saturated carbocycles. The standard InChI is InChI=1S/C19H23N3O3/c1-13-17(25-14(2)21-13)19(24)22-11-9-16(12-22)18(23)20-10-8-15-6-4-3-5-7-15/h3-7,16H,8-12H2,1-2H3,(H,20,23)/t16-/m0/s1. The van der Waals surface area contributed by atoms with Crippen molar-refractivity contribution in [1.29, 1.82) is 0 Å². The van der Waals surface area contributed by atoms with Crippen molar-refractivity contribution in [1.82, 2.24) is 15.2 Å². The zero-order valence-corrected chi connectivity index (χ0v) is 14.6. The van der Waals surface area contributed by atoms with Crippen LogP contribution in [0.4, 0.5) is 0 Å². The van der Waals surface area contributed by atoms with Crippen LogP contribution in [0, 0.1) is 19.8 Å². The minimum atomic E-state index is -0.183. The molecule has 1 aromatic carbocycles. The van der Waals surface area contributed by atoms with Gasteiger partial charge in [-0.15, -0.1) is 0 Å². The van der Waals surface area contributed by atoms with Crippen molar-refractivity contribution in [2.24, 2.45) is 5.92 Å². The summed E-state index contributed by atoms with van der Waals surface area (Å²) in [6.45, 7) is 5.07. The molecule has 6 heteroatoms. The molecule has 2 amide bonds. The van der Waals surface area contributed by atoms with Crippen LogP contribution in [0.25, 0.3) is 0 Å². The molecule has 1 atom stereocenters. The van der Waals surface area contributed by atoms with E-state index in [1.54, 1.807) is 18.7 Å². The molecule has 25 heavy (non-hydrogen) atoms. The number of carbonyl (C=O) groups is 2. The lowest BCUT2D eigenvalue weighted by Crippen LogP contribution is -2.35. The Kier molecular flexibility index (Phi) is 5.16. The predicted octanol–water partition coefficient (Wildman–Crippen LogP) is 2.11. The van der Waals surface area contributed by atoms with Crippen LogP contribution in [0.5, 0.6) is 0 Å². The molecule has 0 radical (unpaired) electrons. The highest BCUT2D eigenvalue weighted by molar-refractivity contribution is 5.93. The van der Waals surface area contributed by atoms with Crippen LogP contribution >= 0.6 is 0 Å². The summed E-state index contributed by atoms with van der Waals surface area (Å²) < 4.78 is 5.40. The Bertz CT molecular complexity index is 755. The second-order valence-corrected chi connectivity index (χ2v) is 6.41. The normalized spacial score (nSPS) is 16.9. The van der Waals surface area contributed by atoms with E-state index < -0.39 is 0 Å². The van der Waals surface area contributed by atoms with Crippen LogP contribution in [0.3, 0.4) is 0 Å². The molecule has 1 aliphatic rings. The van der Waals surface area contributed by atoms with E-state index in [4.69, 9.17) is 4.42 Å². The second kappa shape index (κ2) is 7.51. The Morgan fingerprint density at radius 2 is 2.04 bits per heavy atom. The number of benzene rings is 1. The molecule has 3 rings (SSSR count). The maximum absolute atomic E-state index is 12.5. The van der Waals surface area contributed by atoms with E-state index in [9.17, 15) is 9.59 Å². The van der Waals surface area contributed by atoms with Crippen molar-refractivity contribution in [3.63, 3.8) is 0 Å². The molecule has 1 aromatic heterocycles. The predicted molar refractivity (Wildman–Crippen MR) is 93.1 cm³/mol. The summed E-state index contributed by atoms with van der Waals surface area (Å²) >= 11 is 0. The average Bonchev–Trinajstić information content (AvgIpc) is 3.22. The van der Waals surface area contributed by atoms with E-state index in [-0.39, 0.29) is 23.5 Å². The number of nitrogens with one attached hydrogen (secondary N) is 1. The summed E-state index contributed by atoms with van der Waals surface area (Å²) in [4.78, 5) is 30.6. The van der Waals surface area contributed by atoms with Gasteiger partial charge < -0.3 is 14.6 Å². The monoisotopic (exact) mass is 341 g/mol. The van der Waals surface area contributed by atoms with Crippen molar-refractivity contribution in [2.45, 2.75) is 26.7 Å². The Hall–Kier alpha value is -2.63. The van der Waals surface area contributed by atoms with Crippen LogP contribution in [-0.4, -0.2) is 41.3 Å². The summed E-state index contributed by atoms with van der Waals surface area (Å²) in [6.07, 6.45) is 1.48. The summed E-state index contributed by atoms with van der Waals surface area (Å²) in [5, 5.41) is 2.98. The van der Waals surface area contributed by atoms with Gasteiger partial charge in [0.25, 0.3) is 5.91 Å². The molecule has 1 saturated heterocycles. The molecule has 2 aromatic rings. The number of hydrogen-bond acceptors (Lipinski definition) is 4. The maximum Gasteiger partial charge on any atom is 0.291 e. The summed E-state index contributed by atoms with van der Waals surface area (Å²) in [6, 6.07) is 10.0. The first-order valence-corrected chi connectivity index (χ1v) is 8.59. The molecule has 0 unspecified atom stereocenters. The van der Waals surface area contributed by atoms with Crippen LogP contribution in [-0.2, 0) is 11.2 Å². The SMILES string of the molecule is Cc1nc(C)c(C(=O)N2CC[C@H](C(=O)NCCc3ccccc3)C2)o1. The number of likely N-dealkylation sites (tertiary alicyclic amines) is 1.